The van der Waals surface area contributed by atoms with E-state index in [1.54, 1.807) is 21.7 Å². The summed E-state index contributed by atoms with van der Waals surface area (Å²) < 4.78 is 1.79. The molecular weight excluding hydrogens is 268 g/mol. The molecule has 0 unspecified atom stereocenters. The van der Waals surface area contributed by atoms with E-state index in [9.17, 15) is 9.59 Å². The van der Waals surface area contributed by atoms with Gasteiger partial charge >= 0.3 is 5.97 Å². The Morgan fingerprint density at radius 3 is 2.89 bits per heavy atom. The Labute approximate surface area is 116 Å². The number of hydrogen-bond acceptors (Lipinski definition) is 2. The average Bonchev–Trinajstić information content (AvgIpc) is 2.79. The van der Waals surface area contributed by atoms with Gasteiger partial charge in [-0.15, -0.1) is 0 Å². The maximum atomic E-state index is 12.4. The Hall–Kier alpha value is -1.49. The predicted octanol–water partition coefficient (Wildman–Crippen LogP) is 2.10. The van der Waals surface area contributed by atoms with E-state index >= 15 is 0 Å². The summed E-state index contributed by atoms with van der Waals surface area (Å²) in [7, 11) is 0. The summed E-state index contributed by atoms with van der Waals surface area (Å²) in [6.45, 7) is 3.48. The first-order chi connectivity index (χ1) is 9.02. The van der Waals surface area contributed by atoms with Crippen molar-refractivity contribution in [3.63, 3.8) is 0 Å². The van der Waals surface area contributed by atoms with Gasteiger partial charge in [-0.05, 0) is 25.8 Å². The fourth-order valence-corrected chi connectivity index (χ4v) is 2.66. The summed E-state index contributed by atoms with van der Waals surface area (Å²) in [6, 6.07) is 1.64. The summed E-state index contributed by atoms with van der Waals surface area (Å²) in [6.07, 6.45) is 3.07. The largest absolute Gasteiger partial charge is 0.481 e. The van der Waals surface area contributed by atoms with Gasteiger partial charge in [0, 0.05) is 25.8 Å². The summed E-state index contributed by atoms with van der Waals surface area (Å²) in [5, 5.41) is 9.57. The molecule has 0 bridgehead atoms. The Morgan fingerprint density at radius 2 is 2.26 bits per heavy atom. The van der Waals surface area contributed by atoms with Gasteiger partial charge in [0.2, 0.25) is 0 Å². The molecule has 6 heteroatoms. The van der Waals surface area contributed by atoms with Crippen LogP contribution in [0, 0.1) is 5.92 Å². The van der Waals surface area contributed by atoms with E-state index < -0.39 is 11.9 Å². The van der Waals surface area contributed by atoms with Crippen LogP contribution in [0.15, 0.2) is 12.3 Å². The van der Waals surface area contributed by atoms with Crippen molar-refractivity contribution in [2.45, 2.75) is 26.3 Å². The topological polar surface area (TPSA) is 62.5 Å². The molecular formula is C13H17ClN2O3. The quantitative estimate of drug-likeness (QED) is 0.924. The highest BCUT2D eigenvalue weighted by Gasteiger charge is 2.29. The van der Waals surface area contributed by atoms with E-state index in [1.165, 1.54) is 0 Å². The lowest BCUT2D eigenvalue weighted by Crippen LogP contribution is -2.42. The summed E-state index contributed by atoms with van der Waals surface area (Å²) in [5.74, 6) is -1.43. The van der Waals surface area contributed by atoms with Gasteiger partial charge in [-0.3, -0.25) is 9.59 Å². The smallest absolute Gasteiger partial charge is 0.308 e. The van der Waals surface area contributed by atoms with Crippen LogP contribution in [0.3, 0.4) is 0 Å². The van der Waals surface area contributed by atoms with E-state index in [1.807, 2.05) is 6.92 Å². The van der Waals surface area contributed by atoms with Gasteiger partial charge in [0.1, 0.15) is 5.69 Å². The lowest BCUT2D eigenvalue weighted by Gasteiger charge is -2.30. The molecule has 0 spiro atoms. The van der Waals surface area contributed by atoms with E-state index in [0.717, 1.165) is 6.42 Å². The zero-order chi connectivity index (χ0) is 14.0. The van der Waals surface area contributed by atoms with Crippen LogP contribution < -0.4 is 0 Å². The molecule has 0 radical (unpaired) electrons. The monoisotopic (exact) mass is 284 g/mol. The number of hydrogen-bond donors (Lipinski definition) is 1. The SMILES string of the molecule is CCn1cc(Cl)cc1C(=O)N1CCC[C@@H](C(=O)O)C1. The first kappa shape index (κ1) is 13.9. The molecule has 5 nitrogen and oxygen atoms in total. The van der Waals surface area contributed by atoms with Crippen LogP contribution in [0.2, 0.25) is 5.02 Å². The third-order valence-electron chi connectivity index (χ3n) is 3.48. The Morgan fingerprint density at radius 1 is 1.53 bits per heavy atom. The van der Waals surface area contributed by atoms with Crippen LogP contribution in [0.5, 0.6) is 0 Å². The van der Waals surface area contributed by atoms with Crippen LogP contribution in [0.1, 0.15) is 30.3 Å². The lowest BCUT2D eigenvalue weighted by atomic mass is 9.98. The van der Waals surface area contributed by atoms with Crippen LogP contribution in [0.25, 0.3) is 0 Å². The fraction of sp³-hybridized carbons (Fsp3) is 0.538. The van der Waals surface area contributed by atoms with Crippen LogP contribution in [-0.2, 0) is 11.3 Å². The highest BCUT2D eigenvalue weighted by Crippen LogP contribution is 2.21. The number of amides is 1. The number of carbonyl (C=O) groups excluding carboxylic acids is 1. The third-order valence-corrected chi connectivity index (χ3v) is 3.69. The molecule has 1 saturated heterocycles. The maximum absolute atomic E-state index is 12.4. The van der Waals surface area contributed by atoms with Crippen molar-refractivity contribution in [1.29, 1.82) is 0 Å². The number of likely N-dealkylation sites (tertiary alicyclic amines) is 1. The molecule has 1 amide bonds. The minimum atomic E-state index is -0.832. The number of rotatable bonds is 3. The summed E-state index contributed by atoms with van der Waals surface area (Å²) >= 11 is 5.92. The van der Waals surface area contributed by atoms with Crippen molar-refractivity contribution >= 4 is 23.5 Å². The first-order valence-corrected chi connectivity index (χ1v) is 6.78. The molecule has 0 saturated carbocycles. The molecule has 1 fully saturated rings. The minimum absolute atomic E-state index is 0.139. The second-order valence-corrected chi connectivity index (χ2v) is 5.19. The number of aliphatic carboxylic acids is 1. The number of nitrogens with zero attached hydrogens (tertiary/aromatic N) is 2. The zero-order valence-corrected chi connectivity index (χ0v) is 11.6. The number of carboxylic acids is 1. The molecule has 104 valence electrons. The summed E-state index contributed by atoms with van der Waals surface area (Å²) in [4.78, 5) is 25.0. The van der Waals surface area contributed by atoms with Crippen molar-refractivity contribution in [1.82, 2.24) is 9.47 Å². The van der Waals surface area contributed by atoms with Gasteiger partial charge in [0.25, 0.3) is 5.91 Å². The van der Waals surface area contributed by atoms with Gasteiger partial charge in [0.15, 0.2) is 0 Å². The number of aryl methyl sites for hydroxylation is 1. The number of piperidine rings is 1. The second-order valence-electron chi connectivity index (χ2n) is 4.76. The van der Waals surface area contributed by atoms with Crippen molar-refractivity contribution in [3.05, 3.63) is 23.0 Å². The van der Waals surface area contributed by atoms with Gasteiger partial charge in [-0.1, -0.05) is 11.6 Å². The highest BCUT2D eigenvalue weighted by molar-refractivity contribution is 6.31. The molecule has 1 atom stereocenters. The maximum Gasteiger partial charge on any atom is 0.308 e. The Kier molecular flexibility index (Phi) is 4.14. The molecule has 1 aliphatic heterocycles. The molecule has 1 aromatic rings. The number of carbonyl (C=O) groups is 2. The van der Waals surface area contributed by atoms with E-state index in [2.05, 4.69) is 0 Å². The van der Waals surface area contributed by atoms with Crippen LogP contribution in [-0.4, -0.2) is 39.5 Å². The van der Waals surface area contributed by atoms with Crippen molar-refractivity contribution in [3.8, 4) is 0 Å². The van der Waals surface area contributed by atoms with E-state index in [0.29, 0.717) is 30.2 Å². The molecule has 2 rings (SSSR count). The molecule has 1 N–H and O–H groups in total. The van der Waals surface area contributed by atoms with Gasteiger partial charge in [-0.25, -0.2) is 0 Å². The molecule has 0 aliphatic carbocycles. The summed E-state index contributed by atoms with van der Waals surface area (Å²) in [5.41, 5.74) is 0.526. The van der Waals surface area contributed by atoms with Crippen molar-refractivity contribution in [2.24, 2.45) is 5.92 Å². The lowest BCUT2D eigenvalue weighted by molar-refractivity contribution is -0.143. The van der Waals surface area contributed by atoms with Crippen molar-refractivity contribution < 1.29 is 14.7 Å². The second kappa shape index (κ2) is 5.65. The molecule has 1 aromatic heterocycles. The Bertz CT molecular complexity index is 498. The average molecular weight is 285 g/mol. The predicted molar refractivity (Wildman–Crippen MR) is 71.4 cm³/mol. The number of aromatic nitrogens is 1. The molecule has 0 aromatic carbocycles. The number of halogens is 1. The zero-order valence-electron chi connectivity index (χ0n) is 10.8. The standard InChI is InChI=1S/C13H17ClN2O3/c1-2-15-8-10(14)6-11(15)12(17)16-5-3-4-9(7-16)13(18)19/h6,8-9H,2-5,7H2,1H3,(H,18,19)/t9-/m1/s1. The van der Waals surface area contributed by atoms with Crippen molar-refractivity contribution in [2.75, 3.05) is 13.1 Å². The highest BCUT2D eigenvalue weighted by atomic mass is 35.5. The van der Waals surface area contributed by atoms with Gasteiger partial charge in [-0.2, -0.15) is 0 Å². The fourth-order valence-electron chi connectivity index (χ4n) is 2.44. The van der Waals surface area contributed by atoms with E-state index in [-0.39, 0.29) is 12.5 Å². The molecule has 19 heavy (non-hydrogen) atoms. The van der Waals surface area contributed by atoms with Gasteiger partial charge in [0.05, 0.1) is 10.9 Å². The first-order valence-electron chi connectivity index (χ1n) is 6.40. The van der Waals surface area contributed by atoms with E-state index in [4.69, 9.17) is 16.7 Å². The third kappa shape index (κ3) is 2.92. The van der Waals surface area contributed by atoms with Crippen LogP contribution >= 0.6 is 11.6 Å². The molecule has 1 aliphatic rings. The van der Waals surface area contributed by atoms with Crippen LogP contribution in [0.4, 0.5) is 0 Å². The molecule has 2 heterocycles. The normalized spacial score (nSPS) is 19.5. The minimum Gasteiger partial charge on any atom is -0.481 e. The van der Waals surface area contributed by atoms with Gasteiger partial charge < -0.3 is 14.6 Å². The number of carboxylic acid groups (broad SMARTS) is 1. The Balaban J connectivity index is 2.16.